The summed E-state index contributed by atoms with van der Waals surface area (Å²) in [6.45, 7) is 4.75. The maximum absolute atomic E-state index is 13.3. The van der Waals surface area contributed by atoms with Gasteiger partial charge in [-0.15, -0.1) is 0 Å². The summed E-state index contributed by atoms with van der Waals surface area (Å²) in [5, 5.41) is 0. The van der Waals surface area contributed by atoms with Gasteiger partial charge < -0.3 is 9.47 Å². The van der Waals surface area contributed by atoms with E-state index in [9.17, 15) is 13.2 Å². The Labute approximate surface area is 173 Å². The second kappa shape index (κ2) is 9.09. The predicted molar refractivity (Wildman–Crippen MR) is 113 cm³/mol. The van der Waals surface area contributed by atoms with Gasteiger partial charge in [-0.05, 0) is 61.6 Å². The zero-order valence-corrected chi connectivity index (χ0v) is 17.8. The molecule has 1 heterocycles. The highest BCUT2D eigenvalue weighted by Crippen LogP contribution is 2.36. The lowest BCUT2D eigenvalue weighted by molar-refractivity contribution is -0.121. The molecule has 1 aliphatic heterocycles. The van der Waals surface area contributed by atoms with Crippen LogP contribution in [0.1, 0.15) is 39.5 Å². The number of benzene rings is 2. The normalized spacial score (nSPS) is 16.3. The van der Waals surface area contributed by atoms with E-state index in [0.717, 1.165) is 29.7 Å². The number of hydrogen-bond acceptors (Lipinski definition) is 5. The van der Waals surface area contributed by atoms with Crippen LogP contribution in [0.5, 0.6) is 5.75 Å². The molecule has 1 aliphatic rings. The molecule has 0 amide bonds. The van der Waals surface area contributed by atoms with Crippen molar-refractivity contribution in [2.45, 2.75) is 49.2 Å². The van der Waals surface area contributed by atoms with Crippen LogP contribution in [0.4, 0.5) is 0 Å². The first-order valence-electron chi connectivity index (χ1n) is 10.1. The van der Waals surface area contributed by atoms with Crippen LogP contribution in [0.3, 0.4) is 0 Å². The Bertz CT molecular complexity index is 924. The first kappa shape index (κ1) is 21.5. The van der Waals surface area contributed by atoms with Crippen LogP contribution in [0.2, 0.25) is 0 Å². The second-order valence-corrected chi connectivity index (χ2v) is 9.68. The van der Waals surface area contributed by atoms with E-state index in [1.165, 1.54) is 6.92 Å². The Kier molecular flexibility index (Phi) is 6.75. The van der Waals surface area contributed by atoms with Crippen molar-refractivity contribution in [1.82, 2.24) is 0 Å². The Hall–Kier alpha value is -2.18. The molecule has 0 radical (unpaired) electrons. The summed E-state index contributed by atoms with van der Waals surface area (Å²) in [5.41, 5.74) is 1.89. The molecule has 2 aromatic carbocycles. The van der Waals surface area contributed by atoms with Gasteiger partial charge in [-0.1, -0.05) is 37.6 Å². The van der Waals surface area contributed by atoms with Crippen LogP contribution in [0.15, 0.2) is 53.4 Å². The number of ketones is 1. The van der Waals surface area contributed by atoms with Crippen molar-refractivity contribution in [3.8, 4) is 16.9 Å². The molecule has 6 heteroatoms. The highest BCUT2D eigenvalue weighted by Gasteiger charge is 2.49. The largest absolute Gasteiger partial charge is 0.494 e. The molecule has 2 aromatic rings. The summed E-state index contributed by atoms with van der Waals surface area (Å²) in [6.07, 6.45) is 2.51. The van der Waals surface area contributed by atoms with Crippen molar-refractivity contribution in [3.05, 3.63) is 48.5 Å². The lowest BCUT2D eigenvalue weighted by Gasteiger charge is -2.34. The van der Waals surface area contributed by atoms with Gasteiger partial charge in [0.25, 0.3) is 0 Å². The second-order valence-electron chi connectivity index (χ2n) is 7.42. The average Bonchev–Trinajstić information content (AvgIpc) is 2.75. The van der Waals surface area contributed by atoms with Crippen LogP contribution < -0.4 is 4.74 Å². The Morgan fingerprint density at radius 1 is 1.00 bits per heavy atom. The molecule has 0 spiro atoms. The van der Waals surface area contributed by atoms with Gasteiger partial charge >= 0.3 is 0 Å². The molecule has 3 rings (SSSR count). The highest BCUT2D eigenvalue weighted by molar-refractivity contribution is 7.93. The van der Waals surface area contributed by atoms with E-state index in [4.69, 9.17) is 9.47 Å². The molecule has 156 valence electrons. The quantitative estimate of drug-likeness (QED) is 0.595. The van der Waals surface area contributed by atoms with Crippen LogP contribution in [0.25, 0.3) is 11.1 Å². The minimum Gasteiger partial charge on any atom is -0.494 e. The number of rotatable bonds is 8. The Morgan fingerprint density at radius 2 is 1.55 bits per heavy atom. The highest BCUT2D eigenvalue weighted by atomic mass is 32.2. The van der Waals surface area contributed by atoms with Gasteiger partial charge in [0.2, 0.25) is 0 Å². The third kappa shape index (κ3) is 4.38. The first-order valence-corrected chi connectivity index (χ1v) is 11.6. The molecule has 5 nitrogen and oxygen atoms in total. The molecule has 0 saturated carbocycles. The number of ether oxygens (including phenoxy) is 2. The van der Waals surface area contributed by atoms with Gasteiger partial charge in [0.05, 0.1) is 11.5 Å². The fourth-order valence-corrected chi connectivity index (χ4v) is 5.67. The first-order chi connectivity index (χ1) is 13.9. The van der Waals surface area contributed by atoms with Crippen LogP contribution in [-0.2, 0) is 19.4 Å². The third-order valence-corrected chi connectivity index (χ3v) is 8.19. The molecular weight excluding hydrogens is 388 g/mol. The van der Waals surface area contributed by atoms with E-state index < -0.39 is 14.6 Å². The Morgan fingerprint density at radius 3 is 2.07 bits per heavy atom. The number of carbonyl (C=O) groups is 1. The standard InChI is InChI=1S/C23H28O5S/c1-3-4-15-28-21-9-5-19(6-10-21)20-7-11-22(12-8-20)29(25,26)23(18(2)24)13-16-27-17-14-23/h5-12H,3-4,13-17H2,1-2H3. The molecule has 0 bridgehead atoms. The van der Waals surface area contributed by atoms with Crippen LogP contribution >= 0.6 is 0 Å². The summed E-state index contributed by atoms with van der Waals surface area (Å²) in [4.78, 5) is 12.5. The Balaban J connectivity index is 1.81. The lowest BCUT2D eigenvalue weighted by Crippen LogP contribution is -2.49. The van der Waals surface area contributed by atoms with Crippen molar-refractivity contribution in [2.75, 3.05) is 19.8 Å². The molecule has 0 unspecified atom stereocenters. The summed E-state index contributed by atoms with van der Waals surface area (Å²) in [7, 11) is -3.79. The fraction of sp³-hybridized carbons (Fsp3) is 0.435. The van der Waals surface area contributed by atoms with Crippen molar-refractivity contribution in [2.24, 2.45) is 0 Å². The van der Waals surface area contributed by atoms with Gasteiger partial charge in [0, 0.05) is 13.2 Å². The van der Waals surface area contributed by atoms with Gasteiger partial charge in [-0.2, -0.15) is 0 Å². The SMILES string of the molecule is CCCCOc1ccc(-c2ccc(S(=O)(=O)C3(C(C)=O)CCOCC3)cc2)cc1. The maximum atomic E-state index is 13.3. The van der Waals surface area contributed by atoms with Crippen LogP contribution in [0, 0.1) is 0 Å². The van der Waals surface area contributed by atoms with E-state index in [1.54, 1.807) is 24.3 Å². The predicted octanol–water partition coefficient (Wildman–Crippen LogP) is 4.44. The van der Waals surface area contributed by atoms with Gasteiger partial charge in [0.15, 0.2) is 15.6 Å². The van der Waals surface area contributed by atoms with Crippen molar-refractivity contribution >= 4 is 15.6 Å². The number of sulfone groups is 1. The summed E-state index contributed by atoms with van der Waals surface area (Å²) in [6, 6.07) is 14.5. The lowest BCUT2D eigenvalue weighted by atomic mass is 9.95. The minimum atomic E-state index is -3.79. The number of unbranched alkanes of at least 4 members (excludes halogenated alkanes) is 1. The maximum Gasteiger partial charge on any atom is 0.191 e. The van der Waals surface area contributed by atoms with Crippen molar-refractivity contribution in [1.29, 1.82) is 0 Å². The van der Waals surface area contributed by atoms with Crippen molar-refractivity contribution in [3.63, 3.8) is 0 Å². The molecular formula is C23H28O5S. The fourth-order valence-electron chi connectivity index (χ4n) is 3.64. The summed E-state index contributed by atoms with van der Waals surface area (Å²) in [5.74, 6) is 0.507. The van der Waals surface area contributed by atoms with E-state index in [2.05, 4.69) is 6.92 Å². The topological polar surface area (TPSA) is 69.7 Å². The number of hydrogen-bond donors (Lipinski definition) is 0. The summed E-state index contributed by atoms with van der Waals surface area (Å²) >= 11 is 0. The van der Waals surface area contributed by atoms with E-state index in [0.29, 0.717) is 6.61 Å². The molecule has 0 N–H and O–H groups in total. The molecule has 1 fully saturated rings. The van der Waals surface area contributed by atoms with Gasteiger partial charge in [-0.3, -0.25) is 4.79 Å². The average molecular weight is 417 g/mol. The van der Waals surface area contributed by atoms with Gasteiger partial charge in [-0.25, -0.2) is 8.42 Å². The van der Waals surface area contributed by atoms with E-state index in [1.807, 2.05) is 24.3 Å². The monoisotopic (exact) mass is 416 g/mol. The van der Waals surface area contributed by atoms with Crippen molar-refractivity contribution < 1.29 is 22.7 Å². The molecule has 29 heavy (non-hydrogen) atoms. The molecule has 1 saturated heterocycles. The van der Waals surface area contributed by atoms with Gasteiger partial charge in [0.1, 0.15) is 10.5 Å². The third-order valence-electron chi connectivity index (χ3n) is 5.58. The molecule has 0 aliphatic carbocycles. The number of Topliss-reactive ketones (excluding diaryl/α,β-unsaturated/α-hetero) is 1. The molecule has 0 atom stereocenters. The van der Waals surface area contributed by atoms with E-state index >= 15 is 0 Å². The zero-order valence-electron chi connectivity index (χ0n) is 17.0. The summed E-state index contributed by atoms with van der Waals surface area (Å²) < 4.78 is 36.1. The molecule has 0 aromatic heterocycles. The van der Waals surface area contributed by atoms with Crippen LogP contribution in [-0.4, -0.2) is 38.8 Å². The minimum absolute atomic E-state index is 0.179. The smallest absolute Gasteiger partial charge is 0.191 e. The zero-order chi connectivity index (χ0) is 20.9. The number of carbonyl (C=O) groups excluding carboxylic acids is 1. The van der Waals surface area contributed by atoms with E-state index in [-0.39, 0.29) is 36.7 Å².